The van der Waals surface area contributed by atoms with Crippen LogP contribution in [-0.4, -0.2) is 12.3 Å². The lowest BCUT2D eigenvalue weighted by Crippen LogP contribution is -2.06. The Hall–Kier alpha value is -0.650. The minimum absolute atomic E-state index is 0.190. The molecule has 11 heavy (non-hydrogen) atoms. The highest BCUT2D eigenvalue weighted by Crippen LogP contribution is 1.98. The molecule has 0 heterocycles. The van der Waals surface area contributed by atoms with Crippen LogP contribution in [0.5, 0.6) is 0 Å². The molecule has 0 N–H and O–H groups in total. The van der Waals surface area contributed by atoms with Gasteiger partial charge in [-0.1, -0.05) is 0 Å². The Bertz CT molecular complexity index is 108. The molecular weight excluding hydrogens is 148 g/mol. The van der Waals surface area contributed by atoms with Crippen LogP contribution in [0.4, 0.5) is 8.78 Å². The maximum atomic E-state index is 11.4. The van der Waals surface area contributed by atoms with Crippen molar-refractivity contribution in [2.75, 3.05) is 0 Å². The number of rotatable bonds is 1. The van der Waals surface area contributed by atoms with Gasteiger partial charge in [0.15, 0.2) is 0 Å². The van der Waals surface area contributed by atoms with Crippen molar-refractivity contribution in [1.82, 2.24) is 0 Å². The molecule has 0 rings (SSSR count). The summed E-state index contributed by atoms with van der Waals surface area (Å²) in [5.74, 6) is 0.190. The Balaban J connectivity index is 0. The van der Waals surface area contributed by atoms with E-state index in [1.165, 1.54) is 13.8 Å². The first-order valence-electron chi connectivity index (χ1n) is 3.59. The van der Waals surface area contributed by atoms with Crippen molar-refractivity contribution in [1.29, 1.82) is 5.26 Å². The van der Waals surface area contributed by atoms with Gasteiger partial charge in [0.2, 0.25) is 0 Å². The highest BCUT2D eigenvalue weighted by molar-refractivity contribution is 4.72. The maximum absolute atomic E-state index is 11.4. The molecule has 0 saturated carbocycles. The predicted molar refractivity (Wildman–Crippen MR) is 41.6 cm³/mol. The second kappa shape index (κ2) is 7.46. The van der Waals surface area contributed by atoms with Crippen molar-refractivity contribution < 1.29 is 8.78 Å². The van der Waals surface area contributed by atoms with Crippen molar-refractivity contribution in [3.63, 3.8) is 0 Å². The quantitative estimate of drug-likeness (QED) is 0.583. The fourth-order valence-electron chi connectivity index (χ4n) is 0. The molecule has 0 aliphatic heterocycles. The standard InChI is InChI=1S/C4H8F2.C4H7N/c1-3(5)4(2)6;1-4(2)3-5/h3-4H,1-2H3;4H,1-2H3. The van der Waals surface area contributed by atoms with Crippen LogP contribution in [0.15, 0.2) is 0 Å². The summed E-state index contributed by atoms with van der Waals surface area (Å²) in [5.41, 5.74) is 0. The van der Waals surface area contributed by atoms with Gasteiger partial charge in [-0.3, -0.25) is 0 Å². The molecule has 1 nitrogen and oxygen atoms in total. The molecule has 0 aromatic carbocycles. The summed E-state index contributed by atoms with van der Waals surface area (Å²) in [6.07, 6.45) is -2.63. The first-order valence-corrected chi connectivity index (χ1v) is 3.59. The van der Waals surface area contributed by atoms with Gasteiger partial charge < -0.3 is 0 Å². The largest absolute Gasteiger partial charge is 0.245 e. The number of hydrogen-bond donors (Lipinski definition) is 0. The van der Waals surface area contributed by atoms with Crippen LogP contribution < -0.4 is 0 Å². The SMILES string of the molecule is CC(C)C#N.CC(F)C(C)F. The van der Waals surface area contributed by atoms with Crippen molar-refractivity contribution in [3.8, 4) is 6.07 Å². The number of nitrogens with zero attached hydrogens (tertiary/aromatic N) is 1. The van der Waals surface area contributed by atoms with E-state index in [1.807, 2.05) is 19.9 Å². The van der Waals surface area contributed by atoms with Crippen LogP contribution in [0.25, 0.3) is 0 Å². The third-order valence-corrected chi connectivity index (χ3v) is 0.891. The molecule has 66 valence electrons. The van der Waals surface area contributed by atoms with Gasteiger partial charge in [0, 0.05) is 5.92 Å². The number of hydrogen-bond acceptors (Lipinski definition) is 1. The zero-order valence-electron chi connectivity index (χ0n) is 7.44. The molecule has 0 bridgehead atoms. The molecule has 0 aromatic rings. The molecule has 0 aromatic heterocycles. The minimum atomic E-state index is -1.31. The molecule has 0 amide bonds. The van der Waals surface area contributed by atoms with Crippen molar-refractivity contribution in [3.05, 3.63) is 0 Å². The molecule has 0 fully saturated rings. The van der Waals surface area contributed by atoms with E-state index in [-0.39, 0.29) is 5.92 Å². The summed E-state index contributed by atoms with van der Waals surface area (Å²) in [6, 6.07) is 2.03. The second-order valence-corrected chi connectivity index (χ2v) is 2.64. The minimum Gasteiger partial charge on any atom is -0.245 e. The zero-order chi connectivity index (χ0) is 9.44. The Kier molecular flexibility index (Phi) is 8.80. The fraction of sp³-hybridized carbons (Fsp3) is 0.875. The van der Waals surface area contributed by atoms with Crippen LogP contribution in [0.1, 0.15) is 27.7 Å². The first kappa shape index (κ1) is 13.0. The van der Waals surface area contributed by atoms with Gasteiger partial charge in [-0.2, -0.15) is 5.26 Å². The lowest BCUT2D eigenvalue weighted by molar-refractivity contribution is 0.199. The molecule has 0 aliphatic carbocycles. The summed E-state index contributed by atoms with van der Waals surface area (Å²) >= 11 is 0. The van der Waals surface area contributed by atoms with Crippen molar-refractivity contribution in [2.45, 2.75) is 40.0 Å². The van der Waals surface area contributed by atoms with Gasteiger partial charge in [0.05, 0.1) is 6.07 Å². The van der Waals surface area contributed by atoms with E-state index in [0.717, 1.165) is 0 Å². The van der Waals surface area contributed by atoms with Crippen molar-refractivity contribution >= 4 is 0 Å². The highest BCUT2D eigenvalue weighted by atomic mass is 19.2. The number of halogens is 2. The second-order valence-electron chi connectivity index (χ2n) is 2.64. The van der Waals surface area contributed by atoms with Crippen LogP contribution in [0.3, 0.4) is 0 Å². The third-order valence-electron chi connectivity index (χ3n) is 0.891. The Labute approximate surface area is 67.0 Å². The Morgan fingerprint density at radius 1 is 1.00 bits per heavy atom. The van der Waals surface area contributed by atoms with E-state index in [2.05, 4.69) is 0 Å². The van der Waals surface area contributed by atoms with E-state index < -0.39 is 12.3 Å². The van der Waals surface area contributed by atoms with E-state index in [4.69, 9.17) is 5.26 Å². The normalized spacial score (nSPS) is 14.4. The summed E-state index contributed by atoms with van der Waals surface area (Å²) in [6.45, 7) is 6.12. The topological polar surface area (TPSA) is 23.8 Å². The van der Waals surface area contributed by atoms with Crippen LogP contribution in [0.2, 0.25) is 0 Å². The maximum Gasteiger partial charge on any atom is 0.128 e. The van der Waals surface area contributed by atoms with Gasteiger partial charge in [-0.25, -0.2) is 8.78 Å². The smallest absolute Gasteiger partial charge is 0.128 e. The van der Waals surface area contributed by atoms with Crippen LogP contribution >= 0.6 is 0 Å². The van der Waals surface area contributed by atoms with E-state index >= 15 is 0 Å². The average molecular weight is 163 g/mol. The monoisotopic (exact) mass is 163 g/mol. The van der Waals surface area contributed by atoms with Crippen molar-refractivity contribution in [2.24, 2.45) is 5.92 Å². The van der Waals surface area contributed by atoms with Gasteiger partial charge in [0.25, 0.3) is 0 Å². The van der Waals surface area contributed by atoms with Gasteiger partial charge in [-0.15, -0.1) is 0 Å². The van der Waals surface area contributed by atoms with Gasteiger partial charge >= 0.3 is 0 Å². The lowest BCUT2D eigenvalue weighted by atomic mass is 10.3. The molecule has 3 heteroatoms. The molecule has 0 saturated heterocycles. The lowest BCUT2D eigenvalue weighted by Gasteiger charge is -1.97. The Morgan fingerprint density at radius 2 is 1.18 bits per heavy atom. The molecule has 0 spiro atoms. The van der Waals surface area contributed by atoms with Gasteiger partial charge in [-0.05, 0) is 27.7 Å². The highest BCUT2D eigenvalue weighted by Gasteiger charge is 2.05. The number of nitriles is 1. The fourth-order valence-corrected chi connectivity index (χ4v) is 0. The average Bonchev–Trinajstić information content (AvgIpc) is 1.89. The molecule has 0 aliphatic rings. The summed E-state index contributed by atoms with van der Waals surface area (Å²) in [7, 11) is 0. The molecule has 0 radical (unpaired) electrons. The van der Waals surface area contributed by atoms with Gasteiger partial charge in [0.1, 0.15) is 12.3 Å². The van der Waals surface area contributed by atoms with Crippen LogP contribution in [0, 0.1) is 17.2 Å². The predicted octanol–water partition coefficient (Wildman–Crippen LogP) is 2.87. The zero-order valence-corrected chi connectivity index (χ0v) is 7.44. The van der Waals surface area contributed by atoms with E-state index in [0.29, 0.717) is 0 Å². The summed E-state index contributed by atoms with van der Waals surface area (Å²) in [4.78, 5) is 0. The Morgan fingerprint density at radius 3 is 1.18 bits per heavy atom. The summed E-state index contributed by atoms with van der Waals surface area (Å²) in [5, 5.41) is 7.89. The number of alkyl halides is 2. The van der Waals surface area contributed by atoms with E-state index in [9.17, 15) is 8.78 Å². The van der Waals surface area contributed by atoms with Crippen LogP contribution in [-0.2, 0) is 0 Å². The first-order chi connectivity index (χ1) is 4.91. The molecule has 2 atom stereocenters. The summed E-state index contributed by atoms with van der Waals surface area (Å²) < 4.78 is 22.9. The molecule has 2 unspecified atom stereocenters. The third kappa shape index (κ3) is 17.6. The molecular formula is C8H15F2N. The van der Waals surface area contributed by atoms with E-state index in [1.54, 1.807) is 0 Å².